The number of hydrogen-bond donors (Lipinski definition) is 1. The lowest BCUT2D eigenvalue weighted by Gasteiger charge is -1.99. The molecule has 0 atom stereocenters. The van der Waals surface area contributed by atoms with Gasteiger partial charge in [-0.15, -0.1) is 0 Å². The van der Waals surface area contributed by atoms with Crippen molar-refractivity contribution in [2.45, 2.75) is 0 Å². The first-order chi connectivity index (χ1) is 5.87. The number of benzene rings is 1. The largest absolute Gasteiger partial charge is 0.508 e. The average Bonchev–Trinajstić information content (AvgIpc) is 1.78. The molecule has 1 aromatic carbocycles. The Labute approximate surface area is 71.8 Å². The van der Waals surface area contributed by atoms with E-state index in [0.717, 1.165) is 0 Å². The number of phenols is 1. The topological polar surface area (TPSA) is 29.5 Å². The molecular weight excluding hydrogens is 196 g/mol. The van der Waals surface area contributed by atoms with Gasteiger partial charge in [-0.3, -0.25) is 0 Å². The van der Waals surface area contributed by atoms with E-state index >= 15 is 0 Å². The van der Waals surface area contributed by atoms with E-state index in [-0.39, 0.29) is 11.5 Å². The molecule has 0 saturated carbocycles. The first kappa shape index (κ1) is 4.23. The predicted molar refractivity (Wildman–Crippen MR) is 42.4 cm³/mol. The van der Waals surface area contributed by atoms with Crippen LogP contribution in [0.15, 0.2) is 22.7 Å². The lowest BCUT2D eigenvalue weighted by Crippen LogP contribution is -1.81. The van der Waals surface area contributed by atoms with Crippen LogP contribution in [0.2, 0.25) is 0 Å². The molecule has 0 radical (unpaired) electrons. The van der Waals surface area contributed by atoms with Crippen LogP contribution in [0.4, 0.5) is 0 Å². The minimum atomic E-state index is -2.49. The molecule has 0 aliphatic carbocycles. The highest BCUT2D eigenvalue weighted by molar-refractivity contribution is 9.10. The van der Waals surface area contributed by atoms with Gasteiger partial charge in [0.2, 0.25) is 0 Å². The Hall–Kier alpha value is -0.700. The Balaban J connectivity index is 2.90. The highest BCUT2D eigenvalue weighted by atomic mass is 79.9. The van der Waals surface area contributed by atoms with Gasteiger partial charge in [0, 0.05) is 10.5 Å². The highest BCUT2D eigenvalue weighted by Crippen LogP contribution is 2.24. The van der Waals surface area contributed by atoms with Crippen LogP contribution in [0.3, 0.4) is 0 Å². The molecule has 0 saturated heterocycles. The van der Waals surface area contributed by atoms with Crippen molar-refractivity contribution in [3.63, 3.8) is 0 Å². The molecule has 54 valence electrons. The van der Waals surface area contributed by atoms with E-state index < -0.39 is 7.04 Å². The van der Waals surface area contributed by atoms with Gasteiger partial charge in [0.15, 0.2) is 0 Å². The van der Waals surface area contributed by atoms with Crippen LogP contribution < -0.4 is 4.74 Å². The van der Waals surface area contributed by atoms with Crippen LogP contribution in [0, 0.1) is 0 Å². The molecule has 0 heterocycles. The lowest BCUT2D eigenvalue weighted by molar-refractivity contribution is 0.407. The second kappa shape index (κ2) is 2.92. The van der Waals surface area contributed by atoms with Crippen molar-refractivity contribution in [1.29, 1.82) is 0 Å². The molecule has 10 heavy (non-hydrogen) atoms. The number of hydrogen-bond acceptors (Lipinski definition) is 2. The monoisotopic (exact) mass is 205 g/mol. The standard InChI is InChI=1S/C7H7BrO2/c1-10-7-3-5(8)2-6(9)4-7/h2-4,9H,1H3/i1D3. The van der Waals surface area contributed by atoms with Gasteiger partial charge in [-0.2, -0.15) is 0 Å². The molecule has 0 unspecified atom stereocenters. The van der Waals surface area contributed by atoms with Gasteiger partial charge in [0.1, 0.15) is 11.5 Å². The van der Waals surface area contributed by atoms with Gasteiger partial charge in [-0.25, -0.2) is 0 Å². The van der Waals surface area contributed by atoms with Crippen LogP contribution in [0.1, 0.15) is 4.11 Å². The van der Waals surface area contributed by atoms with E-state index in [2.05, 4.69) is 20.7 Å². The van der Waals surface area contributed by atoms with Crippen molar-refractivity contribution in [3.05, 3.63) is 22.7 Å². The molecule has 1 aromatic rings. The van der Waals surface area contributed by atoms with Gasteiger partial charge >= 0.3 is 0 Å². The van der Waals surface area contributed by atoms with Crippen molar-refractivity contribution < 1.29 is 14.0 Å². The fourth-order valence-corrected chi connectivity index (χ4v) is 1.07. The molecule has 0 fully saturated rings. The summed E-state index contributed by atoms with van der Waals surface area (Å²) in [4.78, 5) is 0. The smallest absolute Gasteiger partial charge is 0.123 e. The van der Waals surface area contributed by atoms with Gasteiger partial charge < -0.3 is 9.84 Å². The average molecular weight is 206 g/mol. The van der Waals surface area contributed by atoms with Crippen molar-refractivity contribution in [2.75, 3.05) is 7.04 Å². The predicted octanol–water partition coefficient (Wildman–Crippen LogP) is 2.16. The summed E-state index contributed by atoms with van der Waals surface area (Å²) in [5.41, 5.74) is 0. The molecular formula is C7H7BrO2. The van der Waals surface area contributed by atoms with Crippen LogP contribution >= 0.6 is 15.9 Å². The van der Waals surface area contributed by atoms with E-state index in [1.54, 1.807) is 0 Å². The summed E-state index contributed by atoms with van der Waals surface area (Å²) >= 11 is 3.10. The third-order valence-electron chi connectivity index (χ3n) is 0.974. The molecule has 3 heteroatoms. The Morgan fingerprint density at radius 1 is 1.60 bits per heavy atom. The number of aromatic hydroxyl groups is 1. The van der Waals surface area contributed by atoms with Crippen molar-refractivity contribution >= 4 is 15.9 Å². The second-order valence-electron chi connectivity index (χ2n) is 1.75. The SMILES string of the molecule is [2H]C([2H])([2H])Oc1cc(O)cc(Br)c1. The molecule has 0 amide bonds. The summed E-state index contributed by atoms with van der Waals surface area (Å²) in [7, 11) is -2.49. The second-order valence-corrected chi connectivity index (χ2v) is 2.66. The molecule has 0 aliphatic rings. The third-order valence-corrected chi connectivity index (χ3v) is 1.43. The minimum absolute atomic E-state index is 0.0476. The van der Waals surface area contributed by atoms with Crippen molar-refractivity contribution in [2.24, 2.45) is 0 Å². The van der Waals surface area contributed by atoms with E-state index in [1.165, 1.54) is 18.2 Å². The van der Waals surface area contributed by atoms with E-state index in [9.17, 15) is 0 Å². The Kier molecular flexibility index (Phi) is 1.24. The third kappa shape index (κ3) is 1.64. The molecule has 1 rings (SSSR count). The lowest BCUT2D eigenvalue weighted by atomic mass is 10.3. The summed E-state index contributed by atoms with van der Waals surface area (Å²) in [6, 6.07) is 4.13. The number of rotatable bonds is 1. The van der Waals surface area contributed by atoms with Gasteiger partial charge in [-0.05, 0) is 12.1 Å². The summed E-state index contributed by atoms with van der Waals surface area (Å²) < 4.78 is 25.6. The molecule has 0 bridgehead atoms. The van der Waals surface area contributed by atoms with E-state index in [0.29, 0.717) is 4.47 Å². The molecule has 1 N–H and O–H groups in total. The fraction of sp³-hybridized carbons (Fsp3) is 0.143. The fourth-order valence-electron chi connectivity index (χ4n) is 0.607. The number of ether oxygens (including phenoxy) is 1. The maximum Gasteiger partial charge on any atom is 0.123 e. The normalized spacial score (nSPS) is 15.1. The molecule has 0 aromatic heterocycles. The summed E-state index contributed by atoms with van der Waals surface area (Å²) in [6.07, 6.45) is 0. The Morgan fingerprint density at radius 2 is 2.40 bits per heavy atom. The highest BCUT2D eigenvalue weighted by Gasteiger charge is 1.95. The van der Waals surface area contributed by atoms with Crippen LogP contribution in [0.25, 0.3) is 0 Å². The quantitative estimate of drug-likeness (QED) is 0.762. The van der Waals surface area contributed by atoms with Crippen LogP contribution in [-0.2, 0) is 0 Å². The number of phenolic OH excluding ortho intramolecular Hbond substituents is 1. The maximum atomic E-state index is 9.10. The molecule has 2 nitrogen and oxygen atoms in total. The minimum Gasteiger partial charge on any atom is -0.508 e. The van der Waals surface area contributed by atoms with Gasteiger partial charge in [0.25, 0.3) is 0 Å². The zero-order valence-corrected chi connectivity index (χ0v) is 6.55. The maximum absolute atomic E-state index is 9.10. The summed E-state index contributed by atoms with van der Waals surface area (Å²) in [5.74, 6) is 0.0560. The molecule has 0 aliphatic heterocycles. The first-order valence-corrected chi connectivity index (χ1v) is 3.35. The van der Waals surface area contributed by atoms with E-state index in [4.69, 9.17) is 9.22 Å². The van der Waals surface area contributed by atoms with Gasteiger partial charge in [0.05, 0.1) is 11.2 Å². The summed E-state index contributed by atoms with van der Waals surface area (Å²) in [5, 5.41) is 9.10. The number of methoxy groups -OCH3 is 1. The van der Waals surface area contributed by atoms with E-state index in [1.807, 2.05) is 0 Å². The van der Waals surface area contributed by atoms with Crippen molar-refractivity contribution in [1.82, 2.24) is 0 Å². The van der Waals surface area contributed by atoms with Crippen LogP contribution in [0.5, 0.6) is 11.5 Å². The van der Waals surface area contributed by atoms with Crippen LogP contribution in [-0.4, -0.2) is 12.1 Å². The first-order valence-electron chi connectivity index (χ1n) is 4.05. The summed E-state index contributed by atoms with van der Waals surface area (Å²) in [6.45, 7) is 0. The van der Waals surface area contributed by atoms with Crippen molar-refractivity contribution in [3.8, 4) is 11.5 Å². The Morgan fingerprint density at radius 3 is 3.00 bits per heavy atom. The zero-order valence-electron chi connectivity index (χ0n) is 7.97. The zero-order chi connectivity index (χ0) is 10.1. The molecule has 0 spiro atoms. The number of halogens is 1. The Bertz CT molecular complexity index is 291. The van der Waals surface area contributed by atoms with Gasteiger partial charge in [-0.1, -0.05) is 15.9 Å².